The second-order valence-corrected chi connectivity index (χ2v) is 2.99. The minimum Gasteiger partial charge on any atom is -0.285 e. The van der Waals surface area contributed by atoms with Crippen LogP contribution in [-0.2, 0) is 15.1 Å². The van der Waals surface area contributed by atoms with Crippen molar-refractivity contribution in [3.8, 4) is 0 Å². The van der Waals surface area contributed by atoms with Crippen molar-refractivity contribution >= 4 is 21.4 Å². The Morgan fingerprint density at radius 1 is 1.36 bits per heavy atom. The Balaban J connectivity index is 2.98. The van der Waals surface area contributed by atoms with Crippen LogP contribution in [0.3, 0.4) is 0 Å². The van der Waals surface area contributed by atoms with E-state index in [1.807, 2.05) is 0 Å². The highest BCUT2D eigenvalue weighted by Gasteiger charge is 2.02. The van der Waals surface area contributed by atoms with Gasteiger partial charge in [0.15, 0.2) is 0 Å². The third-order valence-electron chi connectivity index (χ3n) is 1.30. The topological polar surface area (TPSA) is 51.2 Å². The Morgan fingerprint density at radius 3 is 2.45 bits per heavy atom. The lowest BCUT2D eigenvalue weighted by Crippen LogP contribution is -1.99. The first-order valence-corrected chi connectivity index (χ1v) is 4.03. The van der Waals surface area contributed by atoms with Crippen LogP contribution in [0.25, 0.3) is 0 Å². The molecule has 0 saturated carbocycles. The summed E-state index contributed by atoms with van der Waals surface area (Å²) in [6, 6.07) is 0. The second-order valence-electron chi connectivity index (χ2n) is 2.00. The van der Waals surface area contributed by atoms with E-state index >= 15 is 0 Å². The summed E-state index contributed by atoms with van der Waals surface area (Å²) in [7, 11) is -2.16. The molecule has 11 heavy (non-hydrogen) atoms. The minimum absolute atomic E-state index is 0.289. The maximum atomic E-state index is 10.3. The van der Waals surface area contributed by atoms with Crippen LogP contribution >= 0.6 is 0 Å². The fourth-order valence-electron chi connectivity index (χ4n) is 0.729. The molecule has 4 heteroatoms. The van der Waals surface area contributed by atoms with Gasteiger partial charge in [-0.1, -0.05) is 6.08 Å². The van der Waals surface area contributed by atoms with E-state index in [0.717, 1.165) is 0 Å². The molecule has 0 amide bonds. The SMILES string of the molecule is O=[C]C1=CCC(=S(=O)=O)C=C1. The summed E-state index contributed by atoms with van der Waals surface area (Å²) in [5, 5.41) is 0. The molecule has 0 bridgehead atoms. The third-order valence-corrected chi connectivity index (χ3v) is 2.03. The highest BCUT2D eigenvalue weighted by Crippen LogP contribution is 2.04. The quantitative estimate of drug-likeness (QED) is 0.520. The van der Waals surface area contributed by atoms with Crippen LogP contribution in [0.2, 0.25) is 0 Å². The van der Waals surface area contributed by atoms with Crippen LogP contribution in [0.1, 0.15) is 6.42 Å². The van der Waals surface area contributed by atoms with Crippen molar-refractivity contribution in [2.45, 2.75) is 6.42 Å². The molecule has 0 fully saturated rings. The van der Waals surface area contributed by atoms with E-state index in [1.165, 1.54) is 18.2 Å². The predicted molar refractivity (Wildman–Crippen MR) is 41.5 cm³/mol. The Labute approximate surface area is 65.6 Å². The zero-order valence-electron chi connectivity index (χ0n) is 5.57. The van der Waals surface area contributed by atoms with E-state index < -0.39 is 10.3 Å². The molecule has 0 aromatic heterocycles. The average Bonchev–Trinajstić information content (AvgIpc) is 2.05. The fourth-order valence-corrected chi connectivity index (χ4v) is 1.13. The normalized spacial score (nSPS) is 16.0. The zero-order chi connectivity index (χ0) is 8.27. The van der Waals surface area contributed by atoms with Crippen molar-refractivity contribution in [1.82, 2.24) is 0 Å². The maximum Gasteiger partial charge on any atom is 0.233 e. The molecule has 57 valence electrons. The molecule has 0 aromatic carbocycles. The molecule has 1 aliphatic rings. The largest absolute Gasteiger partial charge is 0.285 e. The predicted octanol–water partition coefficient (Wildman–Crippen LogP) is 0.0339. The number of hydrogen-bond acceptors (Lipinski definition) is 3. The van der Waals surface area contributed by atoms with Gasteiger partial charge >= 0.3 is 0 Å². The molecule has 1 rings (SSSR count). The first-order valence-electron chi connectivity index (χ1n) is 2.95. The van der Waals surface area contributed by atoms with Crippen molar-refractivity contribution in [2.75, 3.05) is 0 Å². The van der Waals surface area contributed by atoms with Gasteiger partial charge in [-0.3, -0.25) is 4.79 Å². The van der Waals surface area contributed by atoms with E-state index in [-0.39, 0.29) is 6.42 Å². The molecule has 0 spiro atoms. The first-order chi connectivity index (χ1) is 5.24. The molecule has 1 radical (unpaired) electrons. The second kappa shape index (κ2) is 3.30. The minimum atomic E-state index is -2.16. The third kappa shape index (κ3) is 1.88. The van der Waals surface area contributed by atoms with Gasteiger partial charge in [-0.25, -0.2) is 0 Å². The zero-order valence-corrected chi connectivity index (χ0v) is 6.39. The first kappa shape index (κ1) is 7.94. The molecule has 0 saturated heterocycles. The number of carbonyl (C=O) groups excluding carboxylic acids is 1. The lowest BCUT2D eigenvalue weighted by atomic mass is 10.1. The standard InChI is InChI=1S/C7H5O3S/c8-5-6-1-3-7(4-2-6)11(9)10/h1-3H,4H2. The van der Waals surface area contributed by atoms with E-state index in [0.29, 0.717) is 10.4 Å². The summed E-state index contributed by atoms with van der Waals surface area (Å²) in [5.41, 5.74) is 0.402. The van der Waals surface area contributed by atoms with Crippen molar-refractivity contribution in [3.63, 3.8) is 0 Å². The Morgan fingerprint density at radius 2 is 2.09 bits per heavy atom. The van der Waals surface area contributed by atoms with Crippen LogP contribution in [0, 0.1) is 0 Å². The van der Waals surface area contributed by atoms with Crippen molar-refractivity contribution in [1.29, 1.82) is 0 Å². The van der Waals surface area contributed by atoms with Crippen molar-refractivity contribution in [3.05, 3.63) is 23.8 Å². The van der Waals surface area contributed by atoms with Gasteiger partial charge in [-0.15, -0.1) is 0 Å². The van der Waals surface area contributed by atoms with Gasteiger partial charge in [0.25, 0.3) is 0 Å². The molecule has 0 N–H and O–H groups in total. The van der Waals surface area contributed by atoms with E-state index in [1.54, 1.807) is 6.29 Å². The summed E-state index contributed by atoms with van der Waals surface area (Å²) in [6.07, 6.45) is 6.33. The lowest BCUT2D eigenvalue weighted by Gasteiger charge is -1.97. The van der Waals surface area contributed by atoms with E-state index in [9.17, 15) is 13.2 Å². The summed E-state index contributed by atoms with van der Waals surface area (Å²) in [4.78, 5) is 10.3. The van der Waals surface area contributed by atoms with Crippen LogP contribution in [0.4, 0.5) is 0 Å². The van der Waals surface area contributed by atoms with E-state index in [2.05, 4.69) is 0 Å². The maximum absolute atomic E-state index is 10.3. The van der Waals surface area contributed by atoms with E-state index in [4.69, 9.17) is 0 Å². The van der Waals surface area contributed by atoms with Gasteiger partial charge in [-0.2, -0.15) is 8.42 Å². The van der Waals surface area contributed by atoms with Crippen molar-refractivity contribution < 1.29 is 13.2 Å². The number of rotatable bonds is 1. The number of hydrogen-bond donors (Lipinski definition) is 0. The van der Waals surface area contributed by atoms with Gasteiger partial charge in [0.1, 0.15) is 0 Å². The highest BCUT2D eigenvalue weighted by atomic mass is 32.2. The molecule has 0 aliphatic heterocycles. The van der Waals surface area contributed by atoms with Crippen LogP contribution < -0.4 is 0 Å². The summed E-state index contributed by atoms with van der Waals surface area (Å²) in [5.74, 6) is 0. The van der Waals surface area contributed by atoms with Crippen LogP contribution in [0.5, 0.6) is 0 Å². The molecule has 0 aromatic rings. The smallest absolute Gasteiger partial charge is 0.233 e. The Bertz CT molecular complexity index is 349. The summed E-state index contributed by atoms with van der Waals surface area (Å²) >= 11 is 0. The lowest BCUT2D eigenvalue weighted by molar-refractivity contribution is 0.562. The average molecular weight is 169 g/mol. The van der Waals surface area contributed by atoms with Gasteiger partial charge in [0.2, 0.25) is 16.6 Å². The Hall–Kier alpha value is -1.16. The Kier molecular flexibility index (Phi) is 2.38. The van der Waals surface area contributed by atoms with Gasteiger partial charge in [0, 0.05) is 12.0 Å². The van der Waals surface area contributed by atoms with Crippen LogP contribution in [0.15, 0.2) is 23.8 Å². The monoisotopic (exact) mass is 169 g/mol. The fraction of sp³-hybridized carbons (Fsp3) is 0.143. The number of allylic oxidation sites excluding steroid dienone is 4. The molecule has 0 atom stereocenters. The summed E-state index contributed by atoms with van der Waals surface area (Å²) in [6.45, 7) is 0. The molecular weight excluding hydrogens is 164 g/mol. The van der Waals surface area contributed by atoms with Crippen LogP contribution in [-0.4, -0.2) is 19.6 Å². The molecular formula is C7H5O3S. The molecule has 3 nitrogen and oxygen atoms in total. The molecule has 0 heterocycles. The van der Waals surface area contributed by atoms with Crippen molar-refractivity contribution in [2.24, 2.45) is 0 Å². The molecule has 1 aliphatic carbocycles. The summed E-state index contributed by atoms with van der Waals surface area (Å²) < 4.78 is 20.7. The van der Waals surface area contributed by atoms with Gasteiger partial charge < -0.3 is 0 Å². The highest BCUT2D eigenvalue weighted by molar-refractivity contribution is 7.73. The van der Waals surface area contributed by atoms with Gasteiger partial charge in [0.05, 0.1) is 4.86 Å². The molecule has 0 unspecified atom stereocenters. The van der Waals surface area contributed by atoms with Gasteiger partial charge in [-0.05, 0) is 12.2 Å².